The number of aryl methyl sites for hydroxylation is 1. The third-order valence-electron chi connectivity index (χ3n) is 4.58. The zero-order valence-corrected chi connectivity index (χ0v) is 14.2. The molecule has 1 aromatic carbocycles. The molecule has 1 aliphatic rings. The number of nitrogens with zero attached hydrogens (tertiary/aromatic N) is 2. The Labute approximate surface area is 133 Å². The molecule has 2 aromatic rings. The van der Waals surface area contributed by atoms with Gasteiger partial charge < -0.3 is 5.32 Å². The van der Waals surface area contributed by atoms with Crippen molar-refractivity contribution >= 4 is 0 Å². The Kier molecular flexibility index (Phi) is 4.09. The molecule has 1 N–H and O–H groups in total. The molecule has 1 aliphatic heterocycles. The quantitative estimate of drug-likeness (QED) is 0.940. The highest BCUT2D eigenvalue weighted by Crippen LogP contribution is 2.23. The normalized spacial score (nSPS) is 14.9. The molecule has 0 saturated heterocycles. The zero-order chi connectivity index (χ0) is 15.7. The van der Waals surface area contributed by atoms with Gasteiger partial charge in [0.25, 0.3) is 0 Å². The summed E-state index contributed by atoms with van der Waals surface area (Å²) >= 11 is 0. The zero-order valence-electron chi connectivity index (χ0n) is 14.2. The van der Waals surface area contributed by atoms with E-state index < -0.39 is 0 Å². The summed E-state index contributed by atoms with van der Waals surface area (Å²) in [5.74, 6) is 0. The van der Waals surface area contributed by atoms with Crippen molar-refractivity contribution < 1.29 is 0 Å². The fourth-order valence-corrected chi connectivity index (χ4v) is 3.19. The molecular formula is C19H27N3. The van der Waals surface area contributed by atoms with Crippen molar-refractivity contribution in [3.63, 3.8) is 0 Å². The summed E-state index contributed by atoms with van der Waals surface area (Å²) in [6.45, 7) is 11.9. The highest BCUT2D eigenvalue weighted by atomic mass is 15.3. The van der Waals surface area contributed by atoms with Crippen LogP contribution in [0.15, 0.2) is 24.3 Å². The Morgan fingerprint density at radius 2 is 1.91 bits per heavy atom. The standard InChI is InChI=1S/C19H27N3/c1-5-17-16-12-20-11-10-18(16)22(21-17)13-14-6-8-15(9-7-14)19(2,3)4/h6-9,20H,5,10-13H2,1-4H3. The van der Waals surface area contributed by atoms with Crippen molar-refractivity contribution in [2.75, 3.05) is 6.54 Å². The Balaban J connectivity index is 1.86. The predicted molar refractivity (Wildman–Crippen MR) is 91.3 cm³/mol. The molecule has 2 heterocycles. The van der Waals surface area contributed by atoms with Crippen LogP contribution in [-0.4, -0.2) is 16.3 Å². The lowest BCUT2D eigenvalue weighted by atomic mass is 9.87. The molecule has 1 aromatic heterocycles. The molecule has 0 saturated carbocycles. The first-order chi connectivity index (χ1) is 10.5. The van der Waals surface area contributed by atoms with Gasteiger partial charge in [0.15, 0.2) is 0 Å². The van der Waals surface area contributed by atoms with E-state index in [9.17, 15) is 0 Å². The number of rotatable bonds is 3. The van der Waals surface area contributed by atoms with Crippen molar-refractivity contribution in [2.24, 2.45) is 0 Å². The van der Waals surface area contributed by atoms with Gasteiger partial charge in [-0.25, -0.2) is 0 Å². The first-order valence-electron chi connectivity index (χ1n) is 8.36. The first kappa shape index (κ1) is 15.3. The molecule has 0 unspecified atom stereocenters. The molecule has 3 heteroatoms. The van der Waals surface area contributed by atoms with E-state index >= 15 is 0 Å². The number of hydrogen-bond donors (Lipinski definition) is 1. The Morgan fingerprint density at radius 1 is 1.18 bits per heavy atom. The molecule has 0 aliphatic carbocycles. The lowest BCUT2D eigenvalue weighted by molar-refractivity contribution is 0.579. The minimum Gasteiger partial charge on any atom is -0.312 e. The minimum atomic E-state index is 0.213. The van der Waals surface area contributed by atoms with E-state index in [1.165, 1.54) is 28.1 Å². The van der Waals surface area contributed by atoms with Crippen molar-refractivity contribution in [3.8, 4) is 0 Å². The fraction of sp³-hybridized carbons (Fsp3) is 0.526. The van der Waals surface area contributed by atoms with E-state index in [2.05, 4.69) is 62.0 Å². The Morgan fingerprint density at radius 3 is 2.55 bits per heavy atom. The van der Waals surface area contributed by atoms with Gasteiger partial charge in [0.1, 0.15) is 0 Å². The van der Waals surface area contributed by atoms with Gasteiger partial charge in [0.05, 0.1) is 12.2 Å². The number of fused-ring (bicyclic) bond motifs is 1. The molecule has 0 amide bonds. The van der Waals surface area contributed by atoms with E-state index in [0.29, 0.717) is 0 Å². The van der Waals surface area contributed by atoms with Crippen molar-refractivity contribution in [1.82, 2.24) is 15.1 Å². The van der Waals surface area contributed by atoms with E-state index in [-0.39, 0.29) is 5.41 Å². The molecule has 3 nitrogen and oxygen atoms in total. The van der Waals surface area contributed by atoms with Gasteiger partial charge in [-0.1, -0.05) is 52.0 Å². The van der Waals surface area contributed by atoms with Crippen LogP contribution in [0, 0.1) is 0 Å². The van der Waals surface area contributed by atoms with Crippen LogP contribution in [0.3, 0.4) is 0 Å². The van der Waals surface area contributed by atoms with Gasteiger partial charge in [-0.15, -0.1) is 0 Å². The topological polar surface area (TPSA) is 29.9 Å². The van der Waals surface area contributed by atoms with E-state index in [1.807, 2.05) is 0 Å². The lowest BCUT2D eigenvalue weighted by Gasteiger charge is -2.19. The molecule has 22 heavy (non-hydrogen) atoms. The number of nitrogens with one attached hydrogen (secondary N) is 1. The SMILES string of the molecule is CCc1nn(Cc2ccc(C(C)(C)C)cc2)c2c1CNCC2. The number of benzene rings is 1. The van der Waals surface area contributed by atoms with Crippen LogP contribution in [0.4, 0.5) is 0 Å². The van der Waals surface area contributed by atoms with Crippen molar-refractivity contribution in [3.05, 3.63) is 52.3 Å². The maximum Gasteiger partial charge on any atom is 0.0669 e. The highest BCUT2D eigenvalue weighted by Gasteiger charge is 2.19. The molecular weight excluding hydrogens is 270 g/mol. The average Bonchev–Trinajstić information content (AvgIpc) is 2.85. The Hall–Kier alpha value is -1.61. The second-order valence-electron chi connectivity index (χ2n) is 7.26. The van der Waals surface area contributed by atoms with Gasteiger partial charge in [0.2, 0.25) is 0 Å². The first-order valence-corrected chi connectivity index (χ1v) is 8.36. The second kappa shape index (κ2) is 5.88. The minimum absolute atomic E-state index is 0.213. The van der Waals surface area contributed by atoms with Gasteiger partial charge in [-0.3, -0.25) is 4.68 Å². The third-order valence-corrected chi connectivity index (χ3v) is 4.58. The number of hydrogen-bond acceptors (Lipinski definition) is 2. The molecule has 0 radical (unpaired) electrons. The predicted octanol–water partition coefficient (Wildman–Crippen LogP) is 3.44. The van der Waals surface area contributed by atoms with Crippen LogP contribution in [0.2, 0.25) is 0 Å². The van der Waals surface area contributed by atoms with Crippen LogP contribution in [0.5, 0.6) is 0 Å². The molecule has 0 atom stereocenters. The summed E-state index contributed by atoms with van der Waals surface area (Å²) in [4.78, 5) is 0. The molecule has 0 fully saturated rings. The van der Waals surface area contributed by atoms with Crippen LogP contribution < -0.4 is 5.32 Å². The van der Waals surface area contributed by atoms with E-state index in [0.717, 1.165) is 32.5 Å². The number of aromatic nitrogens is 2. The average molecular weight is 297 g/mol. The molecule has 0 spiro atoms. The fourth-order valence-electron chi connectivity index (χ4n) is 3.19. The van der Waals surface area contributed by atoms with Crippen LogP contribution >= 0.6 is 0 Å². The van der Waals surface area contributed by atoms with Crippen molar-refractivity contribution in [1.29, 1.82) is 0 Å². The third kappa shape index (κ3) is 2.95. The van der Waals surface area contributed by atoms with Crippen LogP contribution in [0.1, 0.15) is 55.8 Å². The van der Waals surface area contributed by atoms with E-state index in [1.54, 1.807) is 0 Å². The summed E-state index contributed by atoms with van der Waals surface area (Å²) in [6, 6.07) is 9.02. The summed E-state index contributed by atoms with van der Waals surface area (Å²) < 4.78 is 2.22. The summed E-state index contributed by atoms with van der Waals surface area (Å²) in [5.41, 5.74) is 7.05. The Bertz CT molecular complexity index is 645. The monoisotopic (exact) mass is 297 g/mol. The smallest absolute Gasteiger partial charge is 0.0669 e. The molecule has 118 valence electrons. The van der Waals surface area contributed by atoms with Crippen LogP contribution in [-0.2, 0) is 31.3 Å². The van der Waals surface area contributed by atoms with Crippen molar-refractivity contribution in [2.45, 2.75) is 59.0 Å². The maximum absolute atomic E-state index is 4.85. The molecule has 0 bridgehead atoms. The highest BCUT2D eigenvalue weighted by molar-refractivity contribution is 5.31. The lowest BCUT2D eigenvalue weighted by Crippen LogP contribution is -2.25. The van der Waals surface area contributed by atoms with Crippen LogP contribution in [0.25, 0.3) is 0 Å². The summed E-state index contributed by atoms with van der Waals surface area (Å²) in [5, 5.41) is 8.32. The second-order valence-corrected chi connectivity index (χ2v) is 7.26. The molecule has 3 rings (SSSR count). The van der Waals surface area contributed by atoms with Gasteiger partial charge in [-0.2, -0.15) is 5.10 Å². The summed E-state index contributed by atoms with van der Waals surface area (Å²) in [7, 11) is 0. The largest absolute Gasteiger partial charge is 0.312 e. The van der Waals surface area contributed by atoms with Gasteiger partial charge >= 0.3 is 0 Å². The van der Waals surface area contributed by atoms with Gasteiger partial charge in [-0.05, 0) is 23.0 Å². The maximum atomic E-state index is 4.85. The van der Waals surface area contributed by atoms with E-state index in [4.69, 9.17) is 5.10 Å². The van der Waals surface area contributed by atoms with Gasteiger partial charge in [0, 0.05) is 30.8 Å². The summed E-state index contributed by atoms with van der Waals surface area (Å²) in [6.07, 6.45) is 2.10.